The molecule has 58 valence electrons. The number of ether oxygens (including phenoxy) is 1. The number of carbonyl (C=O) groups is 1. The minimum absolute atomic E-state index is 0.246. The number of rotatable bonds is 2. The van der Waals surface area contributed by atoms with Crippen LogP contribution in [0.3, 0.4) is 0 Å². The summed E-state index contributed by atoms with van der Waals surface area (Å²) in [4.78, 5) is 10.1. The molecular formula is C7H12O3. The quantitative estimate of drug-likeness (QED) is 0.560. The van der Waals surface area contributed by atoms with Crippen LogP contribution in [-0.2, 0) is 9.53 Å². The first kappa shape index (κ1) is 7.69. The van der Waals surface area contributed by atoms with Crippen molar-refractivity contribution in [2.24, 2.45) is 0 Å². The van der Waals surface area contributed by atoms with Gasteiger partial charge in [0.2, 0.25) is 0 Å². The second-order valence-corrected chi connectivity index (χ2v) is 2.71. The molecule has 1 aliphatic heterocycles. The summed E-state index contributed by atoms with van der Waals surface area (Å²) in [6, 6.07) is 0. The van der Waals surface area contributed by atoms with Crippen LogP contribution in [0, 0.1) is 0 Å². The maximum atomic E-state index is 10.1. The number of hydrogen-bond donors (Lipinski definition) is 1. The number of aliphatic hydroxyl groups is 1. The molecule has 0 amide bonds. The molecule has 0 spiro atoms. The summed E-state index contributed by atoms with van der Waals surface area (Å²) in [7, 11) is 0. The van der Waals surface area contributed by atoms with E-state index in [9.17, 15) is 9.90 Å². The normalized spacial score (nSPS) is 24.1. The molecule has 1 fully saturated rings. The topological polar surface area (TPSA) is 46.5 Å². The van der Waals surface area contributed by atoms with Crippen LogP contribution in [-0.4, -0.2) is 30.2 Å². The number of hydrogen-bond acceptors (Lipinski definition) is 3. The summed E-state index contributed by atoms with van der Waals surface area (Å²) >= 11 is 0. The zero-order valence-corrected chi connectivity index (χ0v) is 5.88. The highest BCUT2D eigenvalue weighted by Crippen LogP contribution is 2.22. The van der Waals surface area contributed by atoms with Gasteiger partial charge in [0.25, 0.3) is 0 Å². The van der Waals surface area contributed by atoms with Crippen molar-refractivity contribution in [3.63, 3.8) is 0 Å². The first-order chi connectivity index (χ1) is 4.77. The van der Waals surface area contributed by atoms with Crippen molar-refractivity contribution >= 4 is 6.29 Å². The number of carbonyl (C=O) groups excluding carboxylic acids is 1. The molecule has 0 radical (unpaired) electrons. The minimum Gasteiger partial charge on any atom is -0.389 e. The summed E-state index contributed by atoms with van der Waals surface area (Å²) in [6.45, 7) is 1.15. The fraction of sp³-hybridized carbons (Fsp3) is 0.857. The summed E-state index contributed by atoms with van der Waals surface area (Å²) in [5.74, 6) is 0. The second-order valence-electron chi connectivity index (χ2n) is 2.71. The van der Waals surface area contributed by atoms with Gasteiger partial charge >= 0.3 is 0 Å². The third-order valence-electron chi connectivity index (χ3n) is 1.89. The molecule has 0 aromatic carbocycles. The van der Waals surface area contributed by atoms with E-state index < -0.39 is 5.60 Å². The average molecular weight is 144 g/mol. The molecule has 0 saturated carbocycles. The molecule has 0 atom stereocenters. The lowest BCUT2D eigenvalue weighted by Gasteiger charge is -2.29. The van der Waals surface area contributed by atoms with Crippen molar-refractivity contribution in [2.75, 3.05) is 13.2 Å². The lowest BCUT2D eigenvalue weighted by atomic mass is 9.92. The molecule has 10 heavy (non-hydrogen) atoms. The van der Waals surface area contributed by atoms with Gasteiger partial charge in [-0.2, -0.15) is 0 Å². The van der Waals surface area contributed by atoms with Crippen molar-refractivity contribution < 1.29 is 14.6 Å². The highest BCUT2D eigenvalue weighted by Gasteiger charge is 2.28. The molecule has 1 heterocycles. The van der Waals surface area contributed by atoms with E-state index in [1.807, 2.05) is 0 Å². The standard InChI is InChI=1S/C7H12O3/c8-4-1-7(9)2-5-10-6-3-7/h4,9H,1-3,5-6H2. The molecule has 1 N–H and O–H groups in total. The lowest BCUT2D eigenvalue weighted by molar-refractivity contribution is -0.117. The Hall–Kier alpha value is -0.410. The van der Waals surface area contributed by atoms with Gasteiger partial charge in [-0.3, -0.25) is 0 Å². The SMILES string of the molecule is O=CCC1(O)CCOCC1. The van der Waals surface area contributed by atoms with Gasteiger partial charge in [0.1, 0.15) is 6.29 Å². The van der Waals surface area contributed by atoms with E-state index in [1.54, 1.807) is 0 Å². The molecule has 1 saturated heterocycles. The molecule has 0 aromatic rings. The first-order valence-electron chi connectivity index (χ1n) is 3.51. The van der Waals surface area contributed by atoms with Crippen molar-refractivity contribution in [1.82, 2.24) is 0 Å². The molecule has 1 rings (SSSR count). The van der Waals surface area contributed by atoms with Crippen LogP contribution in [0.1, 0.15) is 19.3 Å². The van der Waals surface area contributed by atoms with Crippen molar-refractivity contribution in [2.45, 2.75) is 24.9 Å². The third kappa shape index (κ3) is 1.78. The second kappa shape index (κ2) is 3.12. The molecule has 1 aliphatic rings. The fourth-order valence-electron chi connectivity index (χ4n) is 1.11. The Morgan fingerprint density at radius 1 is 1.50 bits per heavy atom. The Kier molecular flexibility index (Phi) is 2.40. The number of aldehydes is 1. The molecule has 3 heteroatoms. The Labute approximate surface area is 60.0 Å². The van der Waals surface area contributed by atoms with Crippen LogP contribution in [0.5, 0.6) is 0 Å². The summed E-state index contributed by atoms with van der Waals surface area (Å²) < 4.78 is 5.04. The van der Waals surface area contributed by atoms with Gasteiger partial charge in [0, 0.05) is 19.6 Å². The van der Waals surface area contributed by atoms with Crippen molar-refractivity contribution in [3.8, 4) is 0 Å². The van der Waals surface area contributed by atoms with Gasteiger partial charge < -0.3 is 14.6 Å². The van der Waals surface area contributed by atoms with E-state index in [0.717, 1.165) is 6.29 Å². The van der Waals surface area contributed by atoms with Crippen LogP contribution in [0.4, 0.5) is 0 Å². The zero-order chi connectivity index (χ0) is 7.45. The Morgan fingerprint density at radius 2 is 2.10 bits per heavy atom. The fourth-order valence-corrected chi connectivity index (χ4v) is 1.11. The minimum atomic E-state index is -0.764. The van der Waals surface area contributed by atoms with Crippen molar-refractivity contribution in [3.05, 3.63) is 0 Å². The summed E-state index contributed by atoms with van der Waals surface area (Å²) in [5, 5.41) is 9.56. The van der Waals surface area contributed by atoms with Gasteiger partial charge in [0.15, 0.2) is 0 Å². The monoisotopic (exact) mass is 144 g/mol. The molecule has 0 unspecified atom stereocenters. The summed E-state index contributed by atoms with van der Waals surface area (Å²) in [6.07, 6.45) is 2.19. The maximum absolute atomic E-state index is 10.1. The predicted octanol–water partition coefficient (Wildman–Crippen LogP) is 0.117. The van der Waals surface area contributed by atoms with E-state index in [4.69, 9.17) is 4.74 Å². The van der Waals surface area contributed by atoms with E-state index in [1.165, 1.54) is 0 Å². The largest absolute Gasteiger partial charge is 0.389 e. The molecule has 0 bridgehead atoms. The van der Waals surface area contributed by atoms with Crippen LogP contribution in [0.15, 0.2) is 0 Å². The van der Waals surface area contributed by atoms with Gasteiger partial charge in [-0.15, -0.1) is 0 Å². The highest BCUT2D eigenvalue weighted by molar-refractivity contribution is 5.51. The van der Waals surface area contributed by atoms with Gasteiger partial charge in [-0.1, -0.05) is 0 Å². The molecule has 0 aliphatic carbocycles. The zero-order valence-electron chi connectivity index (χ0n) is 5.88. The molecular weight excluding hydrogens is 132 g/mol. The van der Waals surface area contributed by atoms with Gasteiger partial charge in [-0.25, -0.2) is 0 Å². The lowest BCUT2D eigenvalue weighted by Crippen LogP contribution is -2.36. The van der Waals surface area contributed by atoms with Crippen LogP contribution in [0.25, 0.3) is 0 Å². The Morgan fingerprint density at radius 3 is 2.60 bits per heavy atom. The Bertz CT molecular complexity index is 116. The van der Waals surface area contributed by atoms with Crippen LogP contribution in [0.2, 0.25) is 0 Å². The van der Waals surface area contributed by atoms with E-state index in [2.05, 4.69) is 0 Å². The van der Waals surface area contributed by atoms with E-state index in [-0.39, 0.29) is 6.42 Å². The van der Waals surface area contributed by atoms with Gasteiger partial charge in [0.05, 0.1) is 5.60 Å². The average Bonchev–Trinajstić information content (AvgIpc) is 1.89. The maximum Gasteiger partial charge on any atom is 0.122 e. The predicted molar refractivity (Wildman–Crippen MR) is 35.7 cm³/mol. The first-order valence-corrected chi connectivity index (χ1v) is 3.51. The summed E-state index contributed by atoms with van der Waals surface area (Å²) in [5.41, 5.74) is -0.764. The molecule has 0 aromatic heterocycles. The molecule has 3 nitrogen and oxygen atoms in total. The van der Waals surface area contributed by atoms with E-state index >= 15 is 0 Å². The third-order valence-corrected chi connectivity index (χ3v) is 1.89. The van der Waals surface area contributed by atoms with E-state index in [0.29, 0.717) is 26.1 Å². The Balaban J connectivity index is 2.39. The smallest absolute Gasteiger partial charge is 0.122 e. The van der Waals surface area contributed by atoms with Crippen molar-refractivity contribution in [1.29, 1.82) is 0 Å². The highest BCUT2D eigenvalue weighted by atomic mass is 16.5. The van der Waals surface area contributed by atoms with Crippen LogP contribution >= 0.6 is 0 Å². The van der Waals surface area contributed by atoms with Crippen LogP contribution < -0.4 is 0 Å². The van der Waals surface area contributed by atoms with Gasteiger partial charge in [-0.05, 0) is 12.8 Å².